The number of carboxylic acid groups (broad SMARTS) is 1. The summed E-state index contributed by atoms with van der Waals surface area (Å²) in [6.45, 7) is 0.544. The van der Waals surface area contributed by atoms with Crippen LogP contribution in [0.15, 0.2) is 18.2 Å². The normalized spacial score (nSPS) is 17.8. The summed E-state index contributed by atoms with van der Waals surface area (Å²) < 4.78 is 19.0. The van der Waals surface area contributed by atoms with Gasteiger partial charge in [-0.25, -0.2) is 4.39 Å². The summed E-state index contributed by atoms with van der Waals surface area (Å²) in [6.07, 6.45) is 0.377. The molecule has 1 amide bonds. The zero-order valence-corrected chi connectivity index (χ0v) is 13.8. The number of rotatable bonds is 6. The maximum absolute atomic E-state index is 14.1. The summed E-state index contributed by atoms with van der Waals surface area (Å²) in [6, 6.07) is 4.57. The van der Waals surface area contributed by atoms with Gasteiger partial charge in [-0.05, 0) is 18.1 Å². The Hall–Kier alpha value is -1.76. The van der Waals surface area contributed by atoms with Gasteiger partial charge < -0.3 is 14.7 Å². The Bertz CT molecular complexity index is 581. The van der Waals surface area contributed by atoms with Crippen LogP contribution in [0.25, 0.3) is 0 Å². The zero-order valence-electron chi connectivity index (χ0n) is 13.0. The van der Waals surface area contributed by atoms with E-state index in [2.05, 4.69) is 0 Å². The summed E-state index contributed by atoms with van der Waals surface area (Å²) in [5.41, 5.74) is 0.430. The van der Waals surface area contributed by atoms with Crippen LogP contribution in [0.2, 0.25) is 0 Å². The maximum atomic E-state index is 14.1. The molecule has 1 atom stereocenters. The number of carbonyl (C=O) groups excluding carboxylic acids is 1. The molecule has 0 aromatic heterocycles. The minimum absolute atomic E-state index is 0.0493. The molecule has 0 bridgehead atoms. The van der Waals surface area contributed by atoms with Crippen LogP contribution in [0.1, 0.15) is 18.4 Å². The number of methoxy groups -OCH3 is 1. The lowest BCUT2D eigenvalue weighted by Gasteiger charge is -2.34. The van der Waals surface area contributed by atoms with Gasteiger partial charge in [0, 0.05) is 24.5 Å². The van der Waals surface area contributed by atoms with Crippen LogP contribution < -0.4 is 4.74 Å². The highest BCUT2D eigenvalue weighted by molar-refractivity contribution is 7.99. The Balaban J connectivity index is 1.99. The van der Waals surface area contributed by atoms with Crippen molar-refractivity contribution in [3.05, 3.63) is 29.6 Å². The van der Waals surface area contributed by atoms with E-state index in [1.807, 2.05) is 0 Å². The molecular formula is C16H20FNO4S. The van der Waals surface area contributed by atoms with Crippen molar-refractivity contribution in [2.24, 2.45) is 0 Å². The number of nitrogens with zero attached hydrogens (tertiary/aromatic N) is 1. The molecule has 2 rings (SSSR count). The molecule has 1 saturated heterocycles. The van der Waals surface area contributed by atoms with Gasteiger partial charge in [0.2, 0.25) is 5.91 Å². The molecule has 1 fully saturated rings. The molecule has 1 unspecified atom stereocenters. The number of thioether (sulfide) groups is 1. The lowest BCUT2D eigenvalue weighted by molar-refractivity contribution is -0.140. The van der Waals surface area contributed by atoms with E-state index in [4.69, 9.17) is 9.84 Å². The Morgan fingerprint density at radius 2 is 2.26 bits per heavy atom. The average molecular weight is 341 g/mol. The van der Waals surface area contributed by atoms with Crippen LogP contribution in [0, 0.1) is 5.82 Å². The van der Waals surface area contributed by atoms with Crippen molar-refractivity contribution >= 4 is 23.6 Å². The largest absolute Gasteiger partial charge is 0.494 e. The molecule has 1 heterocycles. The minimum Gasteiger partial charge on any atom is -0.494 e. The number of carboxylic acids is 1. The Morgan fingerprint density at radius 1 is 1.48 bits per heavy atom. The molecule has 0 radical (unpaired) electrons. The first kappa shape index (κ1) is 17.6. The molecule has 0 saturated carbocycles. The topological polar surface area (TPSA) is 66.8 Å². The van der Waals surface area contributed by atoms with Crippen molar-refractivity contribution in [1.82, 2.24) is 4.90 Å². The fourth-order valence-corrected chi connectivity index (χ4v) is 3.71. The van der Waals surface area contributed by atoms with Gasteiger partial charge in [-0.3, -0.25) is 9.59 Å². The van der Waals surface area contributed by atoms with Gasteiger partial charge in [-0.15, -0.1) is 0 Å². The molecular weight excluding hydrogens is 321 g/mol. The summed E-state index contributed by atoms with van der Waals surface area (Å²) >= 11 is 1.65. The second-order valence-corrected chi connectivity index (χ2v) is 6.50. The number of carbonyl (C=O) groups is 2. The number of ether oxygens (including phenoxy) is 1. The lowest BCUT2D eigenvalue weighted by atomic mass is 10.1. The molecule has 1 aliphatic heterocycles. The molecule has 7 heteroatoms. The van der Waals surface area contributed by atoms with E-state index in [0.717, 1.165) is 5.75 Å². The third-order valence-electron chi connectivity index (χ3n) is 3.83. The Labute approximate surface area is 138 Å². The lowest BCUT2D eigenvalue weighted by Crippen LogP contribution is -2.47. The third-order valence-corrected chi connectivity index (χ3v) is 4.92. The van der Waals surface area contributed by atoms with E-state index in [9.17, 15) is 14.0 Å². The maximum Gasteiger partial charge on any atom is 0.305 e. The van der Waals surface area contributed by atoms with Crippen LogP contribution in [-0.2, 0) is 16.0 Å². The number of aryl methyl sites for hydroxylation is 1. The first-order valence-electron chi connectivity index (χ1n) is 7.43. The van der Waals surface area contributed by atoms with E-state index in [1.165, 1.54) is 13.2 Å². The highest BCUT2D eigenvalue weighted by Crippen LogP contribution is 2.23. The fraction of sp³-hybridized carbons (Fsp3) is 0.500. The van der Waals surface area contributed by atoms with Gasteiger partial charge in [0.05, 0.1) is 19.6 Å². The first-order valence-corrected chi connectivity index (χ1v) is 8.58. The van der Waals surface area contributed by atoms with Crippen molar-refractivity contribution < 1.29 is 23.8 Å². The van der Waals surface area contributed by atoms with Gasteiger partial charge in [-0.2, -0.15) is 11.8 Å². The third kappa shape index (κ3) is 4.60. The number of halogens is 1. The summed E-state index contributed by atoms with van der Waals surface area (Å²) in [5.74, 6) is 0.112. The monoisotopic (exact) mass is 341 g/mol. The number of benzene rings is 1. The molecule has 1 N–H and O–H groups in total. The second kappa shape index (κ2) is 8.19. The first-order chi connectivity index (χ1) is 11.0. The fourth-order valence-electron chi connectivity index (χ4n) is 2.65. The molecule has 23 heavy (non-hydrogen) atoms. The number of amides is 1. The van der Waals surface area contributed by atoms with E-state index in [-0.39, 0.29) is 37.0 Å². The van der Waals surface area contributed by atoms with Crippen molar-refractivity contribution in [2.75, 3.05) is 25.2 Å². The van der Waals surface area contributed by atoms with E-state index < -0.39 is 11.8 Å². The van der Waals surface area contributed by atoms with Gasteiger partial charge in [0.15, 0.2) is 11.6 Å². The van der Waals surface area contributed by atoms with Crippen LogP contribution in [0.3, 0.4) is 0 Å². The summed E-state index contributed by atoms with van der Waals surface area (Å²) in [5, 5.41) is 8.96. The smallest absolute Gasteiger partial charge is 0.305 e. The Morgan fingerprint density at radius 3 is 2.96 bits per heavy atom. The molecule has 1 aromatic rings. The van der Waals surface area contributed by atoms with E-state index >= 15 is 0 Å². The highest BCUT2D eigenvalue weighted by atomic mass is 32.2. The Kier molecular flexibility index (Phi) is 6.27. The van der Waals surface area contributed by atoms with Crippen LogP contribution in [0.5, 0.6) is 5.75 Å². The summed E-state index contributed by atoms with van der Waals surface area (Å²) in [4.78, 5) is 24.9. The summed E-state index contributed by atoms with van der Waals surface area (Å²) in [7, 11) is 1.40. The molecule has 5 nitrogen and oxygen atoms in total. The SMILES string of the molecule is COc1cccc(CCC(=O)N2CCSCC2CC(=O)O)c1F. The molecule has 0 aliphatic carbocycles. The van der Waals surface area contributed by atoms with Crippen molar-refractivity contribution in [3.8, 4) is 5.75 Å². The van der Waals surface area contributed by atoms with Crippen molar-refractivity contribution in [1.29, 1.82) is 0 Å². The van der Waals surface area contributed by atoms with Gasteiger partial charge in [-0.1, -0.05) is 12.1 Å². The van der Waals surface area contributed by atoms with Crippen LogP contribution in [0.4, 0.5) is 4.39 Å². The quantitative estimate of drug-likeness (QED) is 0.859. The molecule has 1 aromatic carbocycles. The van der Waals surface area contributed by atoms with Gasteiger partial charge in [0.1, 0.15) is 0 Å². The highest BCUT2D eigenvalue weighted by Gasteiger charge is 2.28. The van der Waals surface area contributed by atoms with Crippen molar-refractivity contribution in [3.63, 3.8) is 0 Å². The zero-order chi connectivity index (χ0) is 16.8. The van der Waals surface area contributed by atoms with Crippen LogP contribution in [-0.4, -0.2) is 53.1 Å². The van der Waals surface area contributed by atoms with Gasteiger partial charge in [0.25, 0.3) is 0 Å². The van der Waals surface area contributed by atoms with Crippen LogP contribution >= 0.6 is 11.8 Å². The molecule has 126 valence electrons. The predicted octanol–water partition coefficient (Wildman–Crippen LogP) is 2.19. The molecule has 0 spiro atoms. The second-order valence-electron chi connectivity index (χ2n) is 5.35. The average Bonchev–Trinajstić information content (AvgIpc) is 2.53. The minimum atomic E-state index is -0.908. The number of hydrogen-bond acceptors (Lipinski definition) is 4. The standard InChI is InChI=1S/C16H20FNO4S/c1-22-13-4-2-3-11(16(13)17)5-6-14(19)18-7-8-23-10-12(18)9-15(20)21/h2-4,12H,5-10H2,1H3,(H,20,21). The van der Waals surface area contributed by atoms with Gasteiger partial charge >= 0.3 is 5.97 Å². The van der Waals surface area contributed by atoms with E-state index in [0.29, 0.717) is 17.9 Å². The molecule has 1 aliphatic rings. The van der Waals surface area contributed by atoms with Crippen molar-refractivity contribution in [2.45, 2.75) is 25.3 Å². The number of aliphatic carboxylic acids is 1. The predicted molar refractivity (Wildman–Crippen MR) is 86.4 cm³/mol. The number of hydrogen-bond donors (Lipinski definition) is 1. The van der Waals surface area contributed by atoms with E-state index in [1.54, 1.807) is 28.8 Å².